The van der Waals surface area contributed by atoms with Crippen LogP contribution in [0.4, 0.5) is 8.78 Å². The largest absolute Gasteiger partial charge is 0.497 e. The van der Waals surface area contributed by atoms with Crippen LogP contribution in [0.3, 0.4) is 0 Å². The fourth-order valence-corrected chi connectivity index (χ4v) is 2.75. The fourth-order valence-electron chi connectivity index (χ4n) is 2.75. The molecule has 0 amide bonds. The summed E-state index contributed by atoms with van der Waals surface area (Å²) in [5.74, 6) is 0.0358. The van der Waals surface area contributed by atoms with Gasteiger partial charge in [-0.1, -0.05) is 12.1 Å². The summed E-state index contributed by atoms with van der Waals surface area (Å²) in [4.78, 5) is 0. The maximum atomic E-state index is 14.0. The number of benzene rings is 2. The van der Waals surface area contributed by atoms with Gasteiger partial charge in [0, 0.05) is 5.56 Å². The van der Waals surface area contributed by atoms with Crippen molar-refractivity contribution in [2.24, 2.45) is 0 Å². The van der Waals surface area contributed by atoms with E-state index in [-0.39, 0.29) is 5.82 Å². The van der Waals surface area contributed by atoms with Crippen molar-refractivity contribution in [1.82, 2.24) is 0 Å². The Hall–Kier alpha value is -2.16. The van der Waals surface area contributed by atoms with Crippen molar-refractivity contribution in [3.63, 3.8) is 0 Å². The van der Waals surface area contributed by atoms with E-state index >= 15 is 0 Å². The van der Waals surface area contributed by atoms with Gasteiger partial charge in [0.1, 0.15) is 17.4 Å². The first-order chi connectivity index (χ1) is 10.2. The fraction of sp³-hybridized carbons (Fsp3) is 0.222. The van der Waals surface area contributed by atoms with Crippen LogP contribution in [0, 0.1) is 11.6 Å². The van der Waals surface area contributed by atoms with E-state index in [1.807, 2.05) is 24.3 Å². The number of halogens is 2. The van der Waals surface area contributed by atoms with Crippen LogP contribution in [0.2, 0.25) is 0 Å². The van der Waals surface area contributed by atoms with Crippen LogP contribution in [0.1, 0.15) is 29.5 Å². The standard InChI is InChI=1S/C18H16F2O/c1-21-16-7-5-13-9-14(4-2-3-12(13)10-16)17-11-15(19)6-8-18(17)20/h5-11H,2-4H2,1H3. The van der Waals surface area contributed by atoms with Gasteiger partial charge in [-0.25, -0.2) is 8.78 Å². The molecule has 0 aromatic heterocycles. The summed E-state index contributed by atoms with van der Waals surface area (Å²) in [5.41, 5.74) is 3.43. The molecule has 0 bridgehead atoms. The van der Waals surface area contributed by atoms with Crippen LogP contribution >= 0.6 is 0 Å². The van der Waals surface area contributed by atoms with Gasteiger partial charge < -0.3 is 4.74 Å². The van der Waals surface area contributed by atoms with E-state index in [1.165, 1.54) is 17.7 Å². The number of allylic oxidation sites excluding steroid dienone is 1. The summed E-state index contributed by atoms with van der Waals surface area (Å²) in [6, 6.07) is 9.48. The Balaban J connectivity index is 2.06. The summed E-state index contributed by atoms with van der Waals surface area (Å²) in [7, 11) is 1.64. The lowest BCUT2D eigenvalue weighted by molar-refractivity contribution is 0.414. The molecule has 0 atom stereocenters. The van der Waals surface area contributed by atoms with Crippen LogP contribution in [-0.4, -0.2) is 7.11 Å². The molecule has 0 unspecified atom stereocenters. The molecule has 0 saturated carbocycles. The van der Waals surface area contributed by atoms with Crippen LogP contribution < -0.4 is 4.74 Å². The monoisotopic (exact) mass is 286 g/mol. The van der Waals surface area contributed by atoms with Crippen molar-refractivity contribution in [3.8, 4) is 5.75 Å². The number of rotatable bonds is 2. The molecule has 0 saturated heterocycles. The van der Waals surface area contributed by atoms with Gasteiger partial charge in [0.05, 0.1) is 7.11 Å². The molecule has 108 valence electrons. The average Bonchev–Trinajstić information content (AvgIpc) is 2.71. The Bertz CT molecular complexity index is 704. The minimum atomic E-state index is -0.411. The highest BCUT2D eigenvalue weighted by Gasteiger charge is 2.14. The molecule has 3 rings (SSSR count). The predicted octanol–water partition coefficient (Wildman–Crippen LogP) is 4.85. The molecule has 1 nitrogen and oxygen atoms in total. The van der Waals surface area contributed by atoms with Crippen molar-refractivity contribution >= 4 is 11.6 Å². The third kappa shape index (κ3) is 2.82. The normalized spacial score (nSPS) is 14.1. The van der Waals surface area contributed by atoms with Gasteiger partial charge >= 0.3 is 0 Å². The van der Waals surface area contributed by atoms with Gasteiger partial charge in [-0.05, 0) is 66.3 Å². The maximum Gasteiger partial charge on any atom is 0.130 e. The van der Waals surface area contributed by atoms with Crippen LogP contribution in [0.25, 0.3) is 11.6 Å². The smallest absolute Gasteiger partial charge is 0.130 e. The summed E-state index contributed by atoms with van der Waals surface area (Å²) in [6.07, 6.45) is 4.50. The number of ether oxygens (including phenoxy) is 1. The molecule has 0 radical (unpaired) electrons. The second-order valence-electron chi connectivity index (χ2n) is 5.21. The third-order valence-electron chi connectivity index (χ3n) is 3.85. The number of methoxy groups -OCH3 is 1. The lowest BCUT2D eigenvalue weighted by Crippen LogP contribution is -1.91. The Morgan fingerprint density at radius 2 is 1.86 bits per heavy atom. The first-order valence-corrected chi connectivity index (χ1v) is 7.00. The van der Waals surface area contributed by atoms with Crippen LogP contribution in [0.15, 0.2) is 36.4 Å². The molecule has 0 aliphatic heterocycles. The molecule has 2 aromatic carbocycles. The summed E-state index contributed by atoms with van der Waals surface area (Å²) >= 11 is 0. The lowest BCUT2D eigenvalue weighted by atomic mass is 10.00. The van der Waals surface area contributed by atoms with Crippen molar-refractivity contribution in [3.05, 3.63) is 64.7 Å². The zero-order valence-electron chi connectivity index (χ0n) is 11.8. The molecule has 1 aliphatic carbocycles. The quantitative estimate of drug-likeness (QED) is 0.766. The zero-order chi connectivity index (χ0) is 14.8. The van der Waals surface area contributed by atoms with Crippen molar-refractivity contribution in [2.75, 3.05) is 7.11 Å². The maximum absolute atomic E-state index is 14.0. The highest BCUT2D eigenvalue weighted by molar-refractivity contribution is 5.83. The van der Waals surface area contributed by atoms with Crippen LogP contribution in [0.5, 0.6) is 5.75 Å². The van der Waals surface area contributed by atoms with E-state index in [0.717, 1.165) is 42.2 Å². The van der Waals surface area contributed by atoms with Gasteiger partial charge in [0.2, 0.25) is 0 Å². The topological polar surface area (TPSA) is 9.23 Å². The molecule has 0 spiro atoms. The predicted molar refractivity (Wildman–Crippen MR) is 80.2 cm³/mol. The molecule has 0 N–H and O–H groups in total. The lowest BCUT2D eigenvalue weighted by Gasteiger charge is -2.07. The molecular formula is C18H16F2O. The Morgan fingerprint density at radius 1 is 1.00 bits per heavy atom. The van der Waals surface area contributed by atoms with E-state index in [2.05, 4.69) is 0 Å². The summed E-state index contributed by atoms with van der Waals surface area (Å²) < 4.78 is 32.6. The molecule has 2 aromatic rings. The molecule has 3 heteroatoms. The van der Waals surface area contributed by atoms with E-state index < -0.39 is 5.82 Å². The first kappa shape index (κ1) is 13.8. The van der Waals surface area contributed by atoms with Crippen molar-refractivity contribution in [2.45, 2.75) is 19.3 Å². The van der Waals surface area contributed by atoms with Crippen molar-refractivity contribution in [1.29, 1.82) is 0 Å². The summed E-state index contributed by atoms with van der Waals surface area (Å²) in [6.45, 7) is 0. The molecular weight excluding hydrogens is 270 g/mol. The van der Waals surface area contributed by atoms with Crippen molar-refractivity contribution < 1.29 is 13.5 Å². The van der Waals surface area contributed by atoms with Gasteiger partial charge in [-0.15, -0.1) is 0 Å². The van der Waals surface area contributed by atoms with E-state index in [9.17, 15) is 8.78 Å². The number of aryl methyl sites for hydroxylation is 1. The Labute approximate surface area is 122 Å². The molecule has 1 aliphatic rings. The Morgan fingerprint density at radius 3 is 2.67 bits per heavy atom. The first-order valence-electron chi connectivity index (χ1n) is 7.00. The SMILES string of the molecule is COc1ccc2c(c1)CCCC(c1cc(F)ccc1F)=C2. The number of fused-ring (bicyclic) bond motifs is 1. The average molecular weight is 286 g/mol. The minimum Gasteiger partial charge on any atom is -0.497 e. The second-order valence-corrected chi connectivity index (χ2v) is 5.21. The molecule has 21 heavy (non-hydrogen) atoms. The van der Waals surface area contributed by atoms with E-state index in [1.54, 1.807) is 7.11 Å². The number of hydrogen-bond acceptors (Lipinski definition) is 1. The third-order valence-corrected chi connectivity index (χ3v) is 3.85. The van der Waals surface area contributed by atoms with E-state index in [4.69, 9.17) is 4.74 Å². The van der Waals surface area contributed by atoms with Crippen LogP contribution in [-0.2, 0) is 6.42 Å². The van der Waals surface area contributed by atoms with Gasteiger partial charge in [0.15, 0.2) is 0 Å². The Kier molecular flexibility index (Phi) is 3.74. The van der Waals surface area contributed by atoms with Gasteiger partial charge in [0.25, 0.3) is 0 Å². The molecule has 0 fully saturated rings. The number of hydrogen-bond donors (Lipinski definition) is 0. The van der Waals surface area contributed by atoms with E-state index in [0.29, 0.717) is 5.56 Å². The second kappa shape index (κ2) is 5.68. The van der Waals surface area contributed by atoms with Gasteiger partial charge in [-0.3, -0.25) is 0 Å². The zero-order valence-corrected chi connectivity index (χ0v) is 11.8. The highest BCUT2D eigenvalue weighted by atomic mass is 19.1. The molecule has 0 heterocycles. The summed E-state index contributed by atoms with van der Waals surface area (Å²) in [5, 5.41) is 0. The van der Waals surface area contributed by atoms with Gasteiger partial charge in [-0.2, -0.15) is 0 Å². The highest BCUT2D eigenvalue weighted by Crippen LogP contribution is 2.32. The minimum absolute atomic E-state index is 0.360.